The van der Waals surface area contributed by atoms with Crippen molar-refractivity contribution < 1.29 is 14.3 Å². The maximum atomic E-state index is 12.5. The number of amides is 1. The Kier molecular flexibility index (Phi) is 5.63. The number of fused-ring (bicyclic) bond motifs is 1. The number of carbonyl (C=O) groups is 2. The van der Waals surface area contributed by atoms with Crippen molar-refractivity contribution in [2.24, 2.45) is 5.92 Å². The minimum atomic E-state index is -0.528. The third-order valence-electron chi connectivity index (χ3n) is 3.71. The van der Waals surface area contributed by atoms with E-state index in [0.29, 0.717) is 23.6 Å². The van der Waals surface area contributed by atoms with Crippen LogP contribution in [0.25, 0.3) is 20.8 Å². The summed E-state index contributed by atoms with van der Waals surface area (Å²) in [7, 11) is 0. The zero-order valence-electron chi connectivity index (χ0n) is 14.7. The number of hydrogen-bond donors (Lipinski definition) is 1. The molecule has 3 rings (SSSR count). The van der Waals surface area contributed by atoms with Gasteiger partial charge in [0.2, 0.25) is 0 Å². The van der Waals surface area contributed by atoms with Crippen molar-refractivity contribution in [3.05, 3.63) is 54.1 Å². The molecule has 0 fully saturated rings. The van der Waals surface area contributed by atoms with Gasteiger partial charge in [0.25, 0.3) is 5.91 Å². The summed E-state index contributed by atoms with van der Waals surface area (Å²) in [5.74, 6) is -0.488. The number of thiazole rings is 1. The highest BCUT2D eigenvalue weighted by molar-refractivity contribution is 7.21. The molecule has 1 heterocycles. The molecule has 6 heteroatoms. The molecule has 26 heavy (non-hydrogen) atoms. The lowest BCUT2D eigenvalue weighted by molar-refractivity contribution is -0.124. The summed E-state index contributed by atoms with van der Waals surface area (Å²) in [6.07, 6.45) is 0. The topological polar surface area (TPSA) is 68.3 Å². The van der Waals surface area contributed by atoms with Gasteiger partial charge < -0.3 is 10.1 Å². The van der Waals surface area contributed by atoms with Gasteiger partial charge in [-0.15, -0.1) is 11.3 Å². The Hall–Kier alpha value is -2.73. The smallest absolute Gasteiger partial charge is 0.339 e. The van der Waals surface area contributed by atoms with Crippen molar-refractivity contribution in [1.29, 1.82) is 0 Å². The van der Waals surface area contributed by atoms with Crippen LogP contribution in [0, 0.1) is 5.92 Å². The molecule has 5 nitrogen and oxygen atoms in total. The van der Waals surface area contributed by atoms with Gasteiger partial charge in [-0.25, -0.2) is 9.78 Å². The molecule has 0 aliphatic carbocycles. The van der Waals surface area contributed by atoms with E-state index >= 15 is 0 Å². The van der Waals surface area contributed by atoms with Crippen molar-refractivity contribution in [2.75, 3.05) is 13.2 Å². The fourth-order valence-electron chi connectivity index (χ4n) is 2.41. The minimum absolute atomic E-state index is 0.292. The molecule has 0 unspecified atom stereocenters. The molecule has 0 saturated carbocycles. The molecule has 0 spiro atoms. The van der Waals surface area contributed by atoms with Crippen LogP contribution < -0.4 is 5.32 Å². The minimum Gasteiger partial charge on any atom is -0.452 e. The summed E-state index contributed by atoms with van der Waals surface area (Å²) < 4.78 is 6.24. The molecule has 1 aromatic heterocycles. The first kappa shape index (κ1) is 18.1. The van der Waals surface area contributed by atoms with E-state index < -0.39 is 5.97 Å². The zero-order chi connectivity index (χ0) is 18.5. The lowest BCUT2D eigenvalue weighted by atomic mass is 10.1. The predicted octanol–water partition coefficient (Wildman–Crippen LogP) is 3.89. The van der Waals surface area contributed by atoms with Gasteiger partial charge in [-0.2, -0.15) is 0 Å². The van der Waals surface area contributed by atoms with Crippen LogP contribution in [-0.2, 0) is 9.53 Å². The van der Waals surface area contributed by atoms with E-state index in [1.54, 1.807) is 12.1 Å². The van der Waals surface area contributed by atoms with E-state index in [9.17, 15) is 9.59 Å². The van der Waals surface area contributed by atoms with Crippen LogP contribution in [-0.4, -0.2) is 30.0 Å². The molecule has 0 aliphatic rings. The largest absolute Gasteiger partial charge is 0.452 e. The number of nitrogens with one attached hydrogen (secondary N) is 1. The average Bonchev–Trinajstić information content (AvgIpc) is 3.08. The number of benzene rings is 2. The third kappa shape index (κ3) is 4.26. The predicted molar refractivity (Wildman–Crippen MR) is 103 cm³/mol. The number of esters is 1. The van der Waals surface area contributed by atoms with Crippen LogP contribution in [0.5, 0.6) is 0 Å². The molecule has 3 aromatic rings. The van der Waals surface area contributed by atoms with Gasteiger partial charge in [0.05, 0.1) is 15.8 Å². The highest BCUT2D eigenvalue weighted by Crippen LogP contribution is 2.32. The molecule has 1 N–H and O–H groups in total. The van der Waals surface area contributed by atoms with Crippen LogP contribution in [0.1, 0.15) is 24.2 Å². The van der Waals surface area contributed by atoms with Crippen molar-refractivity contribution in [3.63, 3.8) is 0 Å². The SMILES string of the molecule is CC(C)CNC(=O)COC(=O)c1ccccc1-c1nc2ccccc2s1. The molecule has 0 atom stereocenters. The number of nitrogens with zero attached hydrogens (tertiary/aromatic N) is 1. The lowest BCUT2D eigenvalue weighted by Crippen LogP contribution is -2.31. The average molecular weight is 368 g/mol. The molecule has 0 bridgehead atoms. The first-order chi connectivity index (χ1) is 12.5. The van der Waals surface area contributed by atoms with Crippen molar-refractivity contribution in [2.45, 2.75) is 13.8 Å². The number of aromatic nitrogens is 1. The van der Waals surface area contributed by atoms with E-state index in [2.05, 4.69) is 10.3 Å². The maximum Gasteiger partial charge on any atom is 0.339 e. The fourth-order valence-corrected chi connectivity index (χ4v) is 3.42. The van der Waals surface area contributed by atoms with Gasteiger partial charge in [0, 0.05) is 12.1 Å². The first-order valence-electron chi connectivity index (χ1n) is 8.43. The van der Waals surface area contributed by atoms with Gasteiger partial charge in [-0.3, -0.25) is 4.79 Å². The Labute approximate surface area is 156 Å². The highest BCUT2D eigenvalue weighted by Gasteiger charge is 2.17. The lowest BCUT2D eigenvalue weighted by Gasteiger charge is -2.09. The molecule has 2 aromatic carbocycles. The quantitative estimate of drug-likeness (QED) is 0.670. The molecule has 0 saturated heterocycles. The summed E-state index contributed by atoms with van der Waals surface area (Å²) in [4.78, 5) is 28.8. The van der Waals surface area contributed by atoms with Crippen molar-refractivity contribution in [3.8, 4) is 10.6 Å². The Balaban J connectivity index is 1.76. The Bertz CT molecular complexity index is 900. The van der Waals surface area contributed by atoms with Crippen LogP contribution in [0.2, 0.25) is 0 Å². The van der Waals surface area contributed by atoms with Crippen molar-refractivity contribution in [1.82, 2.24) is 10.3 Å². The van der Waals surface area contributed by atoms with Gasteiger partial charge in [0.1, 0.15) is 5.01 Å². The summed E-state index contributed by atoms with van der Waals surface area (Å²) in [5, 5.41) is 3.48. The summed E-state index contributed by atoms with van der Waals surface area (Å²) >= 11 is 1.52. The first-order valence-corrected chi connectivity index (χ1v) is 9.25. The Morgan fingerprint density at radius 1 is 1.12 bits per heavy atom. The molecule has 0 radical (unpaired) electrons. The van der Waals surface area contributed by atoms with Crippen LogP contribution in [0.3, 0.4) is 0 Å². The zero-order valence-corrected chi connectivity index (χ0v) is 15.5. The third-order valence-corrected chi connectivity index (χ3v) is 4.78. The number of rotatable bonds is 6. The molecular formula is C20H20N2O3S. The number of hydrogen-bond acceptors (Lipinski definition) is 5. The number of para-hydroxylation sites is 1. The Morgan fingerprint density at radius 2 is 1.85 bits per heavy atom. The van der Waals surface area contributed by atoms with Crippen LogP contribution in [0.15, 0.2) is 48.5 Å². The van der Waals surface area contributed by atoms with E-state index in [-0.39, 0.29) is 12.5 Å². The molecule has 134 valence electrons. The second-order valence-corrected chi connectivity index (χ2v) is 7.34. The summed E-state index contributed by atoms with van der Waals surface area (Å²) in [6.45, 7) is 4.26. The summed E-state index contributed by atoms with van der Waals surface area (Å²) in [6, 6.07) is 15.0. The normalized spacial score (nSPS) is 10.9. The highest BCUT2D eigenvalue weighted by atomic mass is 32.1. The fraction of sp³-hybridized carbons (Fsp3) is 0.250. The second kappa shape index (κ2) is 8.10. The van der Waals surface area contributed by atoms with E-state index in [0.717, 1.165) is 15.2 Å². The maximum absolute atomic E-state index is 12.5. The van der Waals surface area contributed by atoms with E-state index in [4.69, 9.17) is 4.74 Å². The molecular weight excluding hydrogens is 348 g/mol. The molecule has 1 amide bonds. The van der Waals surface area contributed by atoms with E-state index in [1.807, 2.05) is 50.2 Å². The van der Waals surface area contributed by atoms with Crippen molar-refractivity contribution >= 4 is 33.4 Å². The van der Waals surface area contributed by atoms with Gasteiger partial charge in [-0.1, -0.05) is 44.2 Å². The van der Waals surface area contributed by atoms with Crippen LogP contribution >= 0.6 is 11.3 Å². The molecule has 0 aliphatic heterocycles. The Morgan fingerprint density at radius 3 is 2.62 bits per heavy atom. The van der Waals surface area contributed by atoms with Gasteiger partial charge >= 0.3 is 5.97 Å². The number of carbonyl (C=O) groups excluding carboxylic acids is 2. The van der Waals surface area contributed by atoms with Gasteiger partial charge in [-0.05, 0) is 24.1 Å². The monoisotopic (exact) mass is 368 g/mol. The standard InChI is InChI=1S/C20H20N2O3S/c1-13(2)11-21-18(23)12-25-20(24)15-8-4-3-7-14(15)19-22-16-9-5-6-10-17(16)26-19/h3-10,13H,11-12H2,1-2H3,(H,21,23). The van der Waals surface area contributed by atoms with Crippen LogP contribution in [0.4, 0.5) is 0 Å². The van der Waals surface area contributed by atoms with E-state index in [1.165, 1.54) is 11.3 Å². The van der Waals surface area contributed by atoms with Gasteiger partial charge in [0.15, 0.2) is 6.61 Å². The summed E-state index contributed by atoms with van der Waals surface area (Å²) in [5.41, 5.74) is 2.01. The second-order valence-electron chi connectivity index (χ2n) is 6.31. The number of ether oxygens (including phenoxy) is 1.